The summed E-state index contributed by atoms with van der Waals surface area (Å²) >= 11 is 0. The van der Waals surface area contributed by atoms with E-state index in [9.17, 15) is 0 Å². The molecule has 6 nitrogen and oxygen atoms in total. The molecule has 3 rings (SSSR count). The predicted octanol–water partition coefficient (Wildman–Crippen LogP) is 3.71. The number of nitrogens with zero attached hydrogens (tertiary/aromatic N) is 1. The molecule has 3 N–H and O–H groups in total. The molecule has 0 spiro atoms. The molecule has 7 heteroatoms. The highest BCUT2D eigenvalue weighted by atomic mass is 127. The monoisotopic (exact) mass is 469 g/mol. The quantitative estimate of drug-likeness (QED) is 0.406. The Morgan fingerprint density at radius 1 is 1.15 bits per heavy atom. The number of nitrogens with one attached hydrogen (secondary N) is 1. The number of ether oxygens (including phenoxy) is 3. The van der Waals surface area contributed by atoms with Crippen molar-refractivity contribution in [2.45, 2.75) is 19.9 Å². The molecule has 140 valence electrons. The third-order valence-electron chi connectivity index (χ3n) is 3.92. The van der Waals surface area contributed by atoms with Crippen molar-refractivity contribution in [2.75, 3.05) is 25.6 Å². The maximum absolute atomic E-state index is 6.00. The Bertz CT molecular complexity index is 781. The van der Waals surface area contributed by atoms with E-state index in [1.807, 2.05) is 43.3 Å². The van der Waals surface area contributed by atoms with Crippen molar-refractivity contribution in [1.29, 1.82) is 0 Å². The van der Waals surface area contributed by atoms with Crippen LogP contribution in [-0.2, 0) is 6.54 Å². The Kier molecular flexibility index (Phi) is 7.38. The predicted molar refractivity (Wildman–Crippen MR) is 114 cm³/mol. The van der Waals surface area contributed by atoms with Crippen molar-refractivity contribution in [1.82, 2.24) is 0 Å². The highest BCUT2D eigenvalue weighted by Gasteiger charge is 2.10. The van der Waals surface area contributed by atoms with E-state index in [4.69, 9.17) is 19.9 Å². The number of anilines is 1. The first kappa shape index (κ1) is 20.2. The molecule has 0 atom stereocenters. The molecular weight excluding hydrogens is 445 g/mol. The zero-order chi connectivity index (χ0) is 17.6. The lowest BCUT2D eigenvalue weighted by molar-refractivity contribution is 0.297. The van der Waals surface area contributed by atoms with Crippen LogP contribution in [-0.4, -0.2) is 26.3 Å². The van der Waals surface area contributed by atoms with Crippen LogP contribution in [0.5, 0.6) is 17.2 Å². The van der Waals surface area contributed by atoms with Gasteiger partial charge in [-0.1, -0.05) is 12.1 Å². The number of halogens is 1. The van der Waals surface area contributed by atoms with Crippen molar-refractivity contribution in [3.63, 3.8) is 0 Å². The fraction of sp³-hybridized carbons (Fsp3) is 0.316. The van der Waals surface area contributed by atoms with Gasteiger partial charge in [-0.25, -0.2) is 4.99 Å². The van der Waals surface area contributed by atoms with Crippen molar-refractivity contribution >= 4 is 35.6 Å². The largest absolute Gasteiger partial charge is 0.496 e. The minimum atomic E-state index is 0. The van der Waals surface area contributed by atoms with E-state index < -0.39 is 0 Å². The zero-order valence-corrected chi connectivity index (χ0v) is 17.3. The number of hydrogen-bond acceptors (Lipinski definition) is 4. The van der Waals surface area contributed by atoms with Crippen LogP contribution in [0.15, 0.2) is 41.4 Å². The molecule has 0 radical (unpaired) electrons. The number of benzene rings is 2. The first-order valence-electron chi connectivity index (χ1n) is 8.26. The van der Waals surface area contributed by atoms with Crippen molar-refractivity contribution in [3.8, 4) is 17.2 Å². The first-order valence-corrected chi connectivity index (χ1v) is 8.26. The Labute approximate surface area is 170 Å². The maximum Gasteiger partial charge on any atom is 0.193 e. The molecule has 0 unspecified atom stereocenters. The summed E-state index contributed by atoms with van der Waals surface area (Å²) in [5, 5.41) is 3.08. The summed E-state index contributed by atoms with van der Waals surface area (Å²) in [4.78, 5) is 4.38. The molecule has 1 aliphatic heterocycles. The van der Waals surface area contributed by atoms with Crippen molar-refractivity contribution in [2.24, 2.45) is 10.7 Å². The minimum absolute atomic E-state index is 0. The first-order chi connectivity index (χ1) is 12.2. The normalized spacial score (nSPS) is 13.4. The average molecular weight is 469 g/mol. The lowest BCUT2D eigenvalue weighted by Crippen LogP contribution is -2.22. The number of aryl methyl sites for hydroxylation is 1. The van der Waals surface area contributed by atoms with E-state index in [2.05, 4.69) is 10.3 Å². The minimum Gasteiger partial charge on any atom is -0.496 e. The Morgan fingerprint density at radius 2 is 1.92 bits per heavy atom. The number of methoxy groups -OCH3 is 1. The van der Waals surface area contributed by atoms with Gasteiger partial charge < -0.3 is 25.3 Å². The van der Waals surface area contributed by atoms with Crippen molar-refractivity contribution in [3.05, 3.63) is 47.5 Å². The van der Waals surface area contributed by atoms with Crippen LogP contribution in [0.25, 0.3) is 0 Å². The third kappa shape index (κ3) is 5.17. The van der Waals surface area contributed by atoms with Gasteiger partial charge in [0.25, 0.3) is 0 Å². The van der Waals surface area contributed by atoms with Crippen LogP contribution < -0.4 is 25.3 Å². The summed E-state index contributed by atoms with van der Waals surface area (Å²) < 4.78 is 16.6. The molecule has 1 aliphatic rings. The van der Waals surface area contributed by atoms with Crippen LogP contribution >= 0.6 is 24.0 Å². The number of guanidine groups is 1. The number of rotatable bonds is 4. The Balaban J connectivity index is 0.00000243. The molecule has 26 heavy (non-hydrogen) atoms. The van der Waals surface area contributed by atoms with Crippen molar-refractivity contribution < 1.29 is 14.2 Å². The topological polar surface area (TPSA) is 78.1 Å². The molecule has 0 aromatic heterocycles. The molecule has 0 saturated heterocycles. The summed E-state index contributed by atoms with van der Waals surface area (Å²) in [7, 11) is 1.66. The van der Waals surface area contributed by atoms with E-state index in [-0.39, 0.29) is 24.0 Å². The second-order valence-electron chi connectivity index (χ2n) is 5.84. The molecule has 0 amide bonds. The van der Waals surface area contributed by atoms with E-state index in [1.54, 1.807) is 7.11 Å². The summed E-state index contributed by atoms with van der Waals surface area (Å²) in [6.07, 6.45) is 0.876. The molecular formula is C19H24IN3O3. The van der Waals surface area contributed by atoms with Gasteiger partial charge in [-0.05, 0) is 36.2 Å². The van der Waals surface area contributed by atoms with Crippen LogP contribution in [0, 0.1) is 6.92 Å². The fourth-order valence-corrected chi connectivity index (χ4v) is 2.57. The number of aliphatic imine (C=N–C) groups is 1. The molecule has 0 aliphatic carbocycles. The molecule has 0 fully saturated rings. The smallest absolute Gasteiger partial charge is 0.193 e. The lowest BCUT2D eigenvalue weighted by atomic mass is 10.1. The van der Waals surface area contributed by atoms with Gasteiger partial charge >= 0.3 is 0 Å². The van der Waals surface area contributed by atoms with Gasteiger partial charge in [0.15, 0.2) is 17.5 Å². The van der Waals surface area contributed by atoms with Crippen LogP contribution in [0.3, 0.4) is 0 Å². The van der Waals surface area contributed by atoms with E-state index >= 15 is 0 Å². The van der Waals surface area contributed by atoms with Gasteiger partial charge in [0.1, 0.15) is 5.75 Å². The molecule has 1 heterocycles. The number of nitrogens with two attached hydrogens (primary N) is 1. The van der Waals surface area contributed by atoms with Crippen LogP contribution in [0.1, 0.15) is 17.5 Å². The van der Waals surface area contributed by atoms with Gasteiger partial charge in [0, 0.05) is 18.2 Å². The van der Waals surface area contributed by atoms with Crippen LogP contribution in [0.2, 0.25) is 0 Å². The van der Waals surface area contributed by atoms with Gasteiger partial charge in [-0.15, -0.1) is 24.0 Å². The standard InChI is InChI=1S/C19H23N3O3.HI/c1-13-4-5-14(10-17(13)23-2)12-21-19(20)22-15-6-7-16-18(11-15)25-9-3-8-24-16;/h4-7,10-11H,3,8-9,12H2,1-2H3,(H3,20,21,22);1H. The summed E-state index contributed by atoms with van der Waals surface area (Å²) in [6.45, 7) is 3.80. The molecule has 2 aromatic rings. The lowest BCUT2D eigenvalue weighted by Gasteiger charge is -2.11. The summed E-state index contributed by atoms with van der Waals surface area (Å²) in [6, 6.07) is 11.6. The molecule has 0 bridgehead atoms. The van der Waals surface area contributed by atoms with Gasteiger partial charge in [0.2, 0.25) is 0 Å². The van der Waals surface area contributed by atoms with E-state index in [1.165, 1.54) is 0 Å². The Hall–Kier alpha value is -2.16. The number of fused-ring (bicyclic) bond motifs is 1. The summed E-state index contributed by atoms with van der Waals surface area (Å²) in [5.41, 5.74) is 8.93. The highest BCUT2D eigenvalue weighted by molar-refractivity contribution is 14.0. The second-order valence-corrected chi connectivity index (χ2v) is 5.84. The fourth-order valence-electron chi connectivity index (χ4n) is 2.57. The SMILES string of the molecule is COc1cc(CN=C(N)Nc2ccc3c(c2)OCCCO3)ccc1C.I. The molecule has 0 saturated carbocycles. The maximum atomic E-state index is 6.00. The van der Waals surface area contributed by atoms with E-state index in [0.29, 0.717) is 25.7 Å². The van der Waals surface area contributed by atoms with Gasteiger partial charge in [0.05, 0.1) is 26.9 Å². The van der Waals surface area contributed by atoms with Crippen LogP contribution in [0.4, 0.5) is 5.69 Å². The van der Waals surface area contributed by atoms with Gasteiger partial charge in [-0.3, -0.25) is 0 Å². The van der Waals surface area contributed by atoms with E-state index in [0.717, 1.165) is 40.5 Å². The Morgan fingerprint density at radius 3 is 2.69 bits per heavy atom. The zero-order valence-electron chi connectivity index (χ0n) is 15.0. The third-order valence-corrected chi connectivity index (χ3v) is 3.92. The highest BCUT2D eigenvalue weighted by Crippen LogP contribution is 2.32. The van der Waals surface area contributed by atoms with Gasteiger partial charge in [-0.2, -0.15) is 0 Å². The number of hydrogen-bond donors (Lipinski definition) is 2. The average Bonchev–Trinajstić information content (AvgIpc) is 2.86. The summed E-state index contributed by atoms with van der Waals surface area (Å²) in [5.74, 6) is 2.67. The molecule has 2 aromatic carbocycles. The second kappa shape index (κ2) is 9.51.